The summed E-state index contributed by atoms with van der Waals surface area (Å²) in [5, 5.41) is 12.3. The van der Waals surface area contributed by atoms with Crippen LogP contribution in [0.2, 0.25) is 0 Å². The third kappa shape index (κ3) is 5.25. The van der Waals surface area contributed by atoms with Gasteiger partial charge < -0.3 is 9.84 Å². The summed E-state index contributed by atoms with van der Waals surface area (Å²) < 4.78 is 4.74. The zero-order chi connectivity index (χ0) is 8.74. The Morgan fingerprint density at radius 2 is 2.55 bits per heavy atom. The van der Waals surface area contributed by atoms with E-state index in [-0.39, 0.29) is 13.2 Å². The summed E-state index contributed by atoms with van der Waals surface area (Å²) in [5.74, 6) is 0.724. The van der Waals surface area contributed by atoms with Gasteiger partial charge in [-0.2, -0.15) is 0 Å². The molecule has 0 spiro atoms. The Morgan fingerprint density at radius 3 is 3.00 bits per heavy atom. The van der Waals surface area contributed by atoms with Gasteiger partial charge in [0, 0.05) is 4.91 Å². The van der Waals surface area contributed by atoms with Crippen molar-refractivity contribution in [3.05, 3.63) is 10.4 Å². The lowest BCUT2D eigenvalue weighted by Gasteiger charge is -2.19. The standard InChI is InChI=1S/C6H9N3O2/c1-3-4-11-6(2,10)5-8-9-7/h1,10H,4-5H2,2H3. The summed E-state index contributed by atoms with van der Waals surface area (Å²) >= 11 is 0. The molecule has 0 heterocycles. The first kappa shape index (κ1) is 9.79. The summed E-state index contributed by atoms with van der Waals surface area (Å²) in [6, 6.07) is 0. The van der Waals surface area contributed by atoms with Crippen LogP contribution in [-0.2, 0) is 4.74 Å². The number of terminal acetylenes is 1. The van der Waals surface area contributed by atoms with Crippen LogP contribution in [0, 0.1) is 12.3 Å². The van der Waals surface area contributed by atoms with Gasteiger partial charge in [0.1, 0.15) is 6.61 Å². The first-order valence-electron chi connectivity index (χ1n) is 2.93. The van der Waals surface area contributed by atoms with E-state index < -0.39 is 5.79 Å². The Balaban J connectivity index is 3.80. The molecule has 11 heavy (non-hydrogen) atoms. The van der Waals surface area contributed by atoms with E-state index in [2.05, 4.69) is 15.9 Å². The molecule has 0 rings (SSSR count). The van der Waals surface area contributed by atoms with E-state index in [1.54, 1.807) is 0 Å². The molecule has 0 aromatic carbocycles. The Bertz CT molecular complexity index is 200. The number of hydrogen-bond acceptors (Lipinski definition) is 3. The fourth-order valence-corrected chi connectivity index (χ4v) is 0.406. The Hall–Kier alpha value is -1.21. The Labute approximate surface area is 64.6 Å². The van der Waals surface area contributed by atoms with Crippen molar-refractivity contribution in [2.24, 2.45) is 5.11 Å². The third-order valence-corrected chi connectivity index (χ3v) is 0.894. The van der Waals surface area contributed by atoms with Crippen molar-refractivity contribution in [3.8, 4) is 12.3 Å². The minimum absolute atomic E-state index is 0.00600. The van der Waals surface area contributed by atoms with Crippen LogP contribution in [0.25, 0.3) is 10.4 Å². The maximum atomic E-state index is 9.19. The van der Waals surface area contributed by atoms with Crippen LogP contribution in [0.3, 0.4) is 0 Å². The largest absolute Gasteiger partial charge is 0.365 e. The molecule has 0 amide bonds. The Kier molecular flexibility index (Phi) is 4.08. The topological polar surface area (TPSA) is 78.2 Å². The van der Waals surface area contributed by atoms with E-state index in [4.69, 9.17) is 16.7 Å². The van der Waals surface area contributed by atoms with Gasteiger partial charge in [-0.05, 0) is 12.5 Å². The minimum Gasteiger partial charge on any atom is -0.365 e. The van der Waals surface area contributed by atoms with E-state index in [9.17, 15) is 5.11 Å². The highest BCUT2D eigenvalue weighted by molar-refractivity contribution is 4.84. The molecule has 1 N–H and O–H groups in total. The molecule has 0 aliphatic heterocycles. The Morgan fingerprint density at radius 1 is 1.91 bits per heavy atom. The fourth-order valence-electron chi connectivity index (χ4n) is 0.406. The van der Waals surface area contributed by atoms with Crippen molar-refractivity contribution in [2.45, 2.75) is 12.7 Å². The van der Waals surface area contributed by atoms with Gasteiger partial charge in [-0.3, -0.25) is 0 Å². The zero-order valence-corrected chi connectivity index (χ0v) is 6.19. The highest BCUT2D eigenvalue weighted by Gasteiger charge is 2.18. The van der Waals surface area contributed by atoms with E-state index in [1.165, 1.54) is 6.92 Å². The second-order valence-corrected chi connectivity index (χ2v) is 2.06. The number of azide groups is 1. The van der Waals surface area contributed by atoms with E-state index in [1.807, 2.05) is 0 Å². The van der Waals surface area contributed by atoms with Gasteiger partial charge in [0.25, 0.3) is 0 Å². The molecule has 1 unspecified atom stereocenters. The molecule has 0 aliphatic rings. The highest BCUT2D eigenvalue weighted by atomic mass is 16.6. The molecule has 0 bridgehead atoms. The normalized spacial score (nSPS) is 14.3. The first-order valence-corrected chi connectivity index (χ1v) is 2.93. The summed E-state index contributed by atoms with van der Waals surface area (Å²) in [6.07, 6.45) is 4.87. The molecule has 5 nitrogen and oxygen atoms in total. The van der Waals surface area contributed by atoms with Crippen LogP contribution in [0.1, 0.15) is 6.92 Å². The second kappa shape index (κ2) is 4.58. The van der Waals surface area contributed by atoms with Crippen LogP contribution >= 0.6 is 0 Å². The quantitative estimate of drug-likeness (QED) is 0.213. The van der Waals surface area contributed by atoms with Crippen molar-refractivity contribution >= 4 is 0 Å². The summed E-state index contributed by atoms with van der Waals surface area (Å²) in [5.41, 5.74) is 7.91. The van der Waals surface area contributed by atoms with Gasteiger partial charge in [-0.15, -0.1) is 6.42 Å². The summed E-state index contributed by atoms with van der Waals surface area (Å²) in [7, 11) is 0. The number of rotatable bonds is 4. The smallest absolute Gasteiger partial charge is 0.169 e. The minimum atomic E-state index is -1.46. The van der Waals surface area contributed by atoms with Crippen molar-refractivity contribution in [3.63, 3.8) is 0 Å². The molecular formula is C6H9N3O2. The van der Waals surface area contributed by atoms with Crippen LogP contribution in [-0.4, -0.2) is 24.0 Å². The van der Waals surface area contributed by atoms with Gasteiger partial charge in [0.2, 0.25) is 0 Å². The average molecular weight is 155 g/mol. The predicted molar refractivity (Wildman–Crippen MR) is 39.4 cm³/mol. The molecule has 1 atom stereocenters. The lowest BCUT2D eigenvalue weighted by Crippen LogP contribution is -2.31. The highest BCUT2D eigenvalue weighted by Crippen LogP contribution is 2.04. The van der Waals surface area contributed by atoms with Gasteiger partial charge in [0.05, 0.1) is 6.54 Å². The number of hydrogen-bond donors (Lipinski definition) is 1. The summed E-state index contributed by atoms with van der Waals surface area (Å²) in [6.45, 7) is 1.22. The molecule has 60 valence electrons. The molecule has 0 saturated carbocycles. The van der Waals surface area contributed by atoms with Crippen LogP contribution in [0.15, 0.2) is 5.11 Å². The van der Waals surface area contributed by atoms with Crippen molar-refractivity contribution in [2.75, 3.05) is 13.2 Å². The SMILES string of the molecule is C#CCOC(C)(O)CN=[N+]=[N-]. The average Bonchev–Trinajstić information content (AvgIpc) is 1.97. The predicted octanol–water partition coefficient (Wildman–Crippen LogP) is 0.655. The molecule has 0 aromatic heterocycles. The number of nitrogens with zero attached hydrogens (tertiary/aromatic N) is 3. The second-order valence-electron chi connectivity index (χ2n) is 2.06. The maximum absolute atomic E-state index is 9.19. The van der Waals surface area contributed by atoms with E-state index in [0.29, 0.717) is 0 Å². The van der Waals surface area contributed by atoms with E-state index in [0.717, 1.165) is 0 Å². The first-order chi connectivity index (χ1) is 5.12. The van der Waals surface area contributed by atoms with Crippen molar-refractivity contribution < 1.29 is 9.84 Å². The summed E-state index contributed by atoms with van der Waals surface area (Å²) in [4.78, 5) is 2.46. The van der Waals surface area contributed by atoms with Gasteiger partial charge >= 0.3 is 0 Å². The van der Waals surface area contributed by atoms with Crippen LogP contribution in [0.4, 0.5) is 0 Å². The van der Waals surface area contributed by atoms with E-state index >= 15 is 0 Å². The van der Waals surface area contributed by atoms with Crippen molar-refractivity contribution in [1.29, 1.82) is 0 Å². The lowest BCUT2D eigenvalue weighted by atomic mass is 10.3. The van der Waals surface area contributed by atoms with Gasteiger partial charge in [0.15, 0.2) is 5.79 Å². The third-order valence-electron chi connectivity index (χ3n) is 0.894. The molecule has 0 fully saturated rings. The molecule has 0 saturated heterocycles. The molecule has 0 aliphatic carbocycles. The van der Waals surface area contributed by atoms with Crippen LogP contribution in [0.5, 0.6) is 0 Å². The lowest BCUT2D eigenvalue weighted by molar-refractivity contribution is -0.172. The van der Waals surface area contributed by atoms with Gasteiger partial charge in [-0.25, -0.2) is 0 Å². The monoisotopic (exact) mass is 155 g/mol. The zero-order valence-electron chi connectivity index (χ0n) is 6.19. The molecule has 5 heteroatoms. The number of ether oxygens (including phenoxy) is 1. The molecular weight excluding hydrogens is 146 g/mol. The molecule has 0 radical (unpaired) electrons. The molecule has 0 aromatic rings. The fraction of sp³-hybridized carbons (Fsp3) is 0.667. The number of aliphatic hydroxyl groups is 1. The maximum Gasteiger partial charge on any atom is 0.169 e. The van der Waals surface area contributed by atoms with Gasteiger partial charge in [-0.1, -0.05) is 11.0 Å². The van der Waals surface area contributed by atoms with Crippen molar-refractivity contribution in [1.82, 2.24) is 0 Å². The van der Waals surface area contributed by atoms with Crippen LogP contribution < -0.4 is 0 Å².